The number of halogens is 1. The van der Waals surface area contributed by atoms with Crippen LogP contribution in [0.1, 0.15) is 64.2 Å². The zero-order valence-corrected chi connectivity index (χ0v) is 15.1. The van der Waals surface area contributed by atoms with Crippen LogP contribution in [0.4, 0.5) is 0 Å². The number of hydrogen-bond acceptors (Lipinski definition) is 3. The first kappa shape index (κ1) is 19.0. The summed E-state index contributed by atoms with van der Waals surface area (Å²) in [5.41, 5.74) is 0. The van der Waals surface area contributed by atoms with Crippen LogP contribution < -0.4 is 5.32 Å². The van der Waals surface area contributed by atoms with E-state index in [-0.39, 0.29) is 12.4 Å². The van der Waals surface area contributed by atoms with Crippen LogP contribution in [0.3, 0.4) is 0 Å². The van der Waals surface area contributed by atoms with Gasteiger partial charge in [0.1, 0.15) is 0 Å². The average molecular weight is 345 g/mol. The first-order valence-electron chi connectivity index (χ1n) is 9.44. The van der Waals surface area contributed by atoms with Gasteiger partial charge in [-0.2, -0.15) is 0 Å². The van der Waals surface area contributed by atoms with Gasteiger partial charge in [0.25, 0.3) is 0 Å². The smallest absolute Gasteiger partial charge is 0.222 e. The van der Waals surface area contributed by atoms with E-state index in [1.165, 1.54) is 38.5 Å². The van der Waals surface area contributed by atoms with E-state index >= 15 is 0 Å². The van der Waals surface area contributed by atoms with E-state index in [9.17, 15) is 4.79 Å². The van der Waals surface area contributed by atoms with Gasteiger partial charge in [-0.15, -0.1) is 12.4 Å². The van der Waals surface area contributed by atoms with E-state index in [4.69, 9.17) is 4.74 Å². The molecule has 0 aromatic rings. The highest BCUT2D eigenvalue weighted by atomic mass is 35.5. The standard InChI is InChI=1S/C18H32N2O2.ClH/c21-18(8-7-15-9-11-19-12-10-15)20(16-4-1-2-5-16)14-17-6-3-13-22-17;/h15-17,19H,1-14H2;1H. The predicted octanol–water partition coefficient (Wildman–Crippen LogP) is 3.14. The summed E-state index contributed by atoms with van der Waals surface area (Å²) in [7, 11) is 0. The summed E-state index contributed by atoms with van der Waals surface area (Å²) in [6, 6.07) is 0.490. The molecule has 0 spiro atoms. The predicted molar refractivity (Wildman–Crippen MR) is 95.0 cm³/mol. The van der Waals surface area contributed by atoms with Crippen LogP contribution in [0.5, 0.6) is 0 Å². The number of nitrogens with zero attached hydrogens (tertiary/aromatic N) is 1. The fourth-order valence-corrected chi connectivity index (χ4v) is 4.32. The van der Waals surface area contributed by atoms with Crippen LogP contribution in [0.25, 0.3) is 0 Å². The van der Waals surface area contributed by atoms with Crippen molar-refractivity contribution in [2.75, 3.05) is 26.2 Å². The van der Waals surface area contributed by atoms with Crippen molar-refractivity contribution in [1.29, 1.82) is 0 Å². The number of rotatable bonds is 6. The summed E-state index contributed by atoms with van der Waals surface area (Å²) < 4.78 is 5.79. The summed E-state index contributed by atoms with van der Waals surface area (Å²) in [6.45, 7) is 3.98. The zero-order chi connectivity index (χ0) is 15.2. The Bertz CT molecular complexity index is 349. The van der Waals surface area contributed by atoms with Gasteiger partial charge >= 0.3 is 0 Å². The van der Waals surface area contributed by atoms with E-state index in [1.54, 1.807) is 0 Å². The lowest BCUT2D eigenvalue weighted by Gasteiger charge is -2.32. The second kappa shape index (κ2) is 9.85. The van der Waals surface area contributed by atoms with Crippen LogP contribution in [0, 0.1) is 5.92 Å². The van der Waals surface area contributed by atoms with Gasteiger partial charge in [-0.1, -0.05) is 12.8 Å². The number of hydrogen-bond donors (Lipinski definition) is 1. The molecule has 0 radical (unpaired) electrons. The van der Waals surface area contributed by atoms with E-state index < -0.39 is 0 Å². The number of carbonyl (C=O) groups excluding carboxylic acids is 1. The summed E-state index contributed by atoms with van der Waals surface area (Å²) in [5.74, 6) is 1.14. The molecule has 1 saturated carbocycles. The monoisotopic (exact) mass is 344 g/mol. The number of carbonyl (C=O) groups is 1. The van der Waals surface area contributed by atoms with Crippen LogP contribution in [-0.4, -0.2) is 49.2 Å². The molecule has 3 aliphatic rings. The van der Waals surface area contributed by atoms with Crippen molar-refractivity contribution >= 4 is 18.3 Å². The Morgan fingerprint density at radius 2 is 1.78 bits per heavy atom. The van der Waals surface area contributed by atoms with Gasteiger partial charge < -0.3 is 15.0 Å². The van der Waals surface area contributed by atoms with Gasteiger partial charge in [-0.25, -0.2) is 0 Å². The van der Waals surface area contributed by atoms with Gasteiger partial charge in [0.05, 0.1) is 6.10 Å². The van der Waals surface area contributed by atoms with Crippen molar-refractivity contribution in [3.05, 3.63) is 0 Å². The molecule has 0 aromatic heterocycles. The summed E-state index contributed by atoms with van der Waals surface area (Å²) in [6.07, 6.45) is 11.9. The highest BCUT2D eigenvalue weighted by molar-refractivity contribution is 5.85. The minimum atomic E-state index is 0. The Hall–Kier alpha value is -0.320. The fraction of sp³-hybridized carbons (Fsp3) is 0.944. The van der Waals surface area contributed by atoms with Crippen molar-refractivity contribution in [1.82, 2.24) is 10.2 Å². The average Bonchev–Trinajstić information content (AvgIpc) is 3.24. The Kier molecular flexibility index (Phi) is 8.14. The van der Waals surface area contributed by atoms with Gasteiger partial charge in [0.15, 0.2) is 0 Å². The third-order valence-electron chi connectivity index (χ3n) is 5.74. The lowest BCUT2D eigenvalue weighted by atomic mass is 9.93. The third-order valence-corrected chi connectivity index (χ3v) is 5.74. The fourth-order valence-electron chi connectivity index (χ4n) is 4.32. The molecule has 23 heavy (non-hydrogen) atoms. The van der Waals surface area contributed by atoms with Crippen LogP contribution in [0.2, 0.25) is 0 Å². The maximum atomic E-state index is 12.8. The molecule has 5 heteroatoms. The molecule has 2 heterocycles. The van der Waals surface area contributed by atoms with Crippen molar-refractivity contribution in [3.8, 4) is 0 Å². The van der Waals surface area contributed by atoms with E-state index in [0.717, 1.165) is 57.8 Å². The molecule has 3 rings (SSSR count). The maximum Gasteiger partial charge on any atom is 0.222 e. The SMILES string of the molecule is Cl.O=C(CCC1CCNCC1)N(CC1CCCO1)C1CCCC1. The molecule has 3 fully saturated rings. The minimum absolute atomic E-state index is 0. The molecular formula is C18H33ClN2O2. The summed E-state index contributed by atoms with van der Waals surface area (Å²) >= 11 is 0. The van der Waals surface area contributed by atoms with Gasteiger partial charge in [-0.05, 0) is 64.0 Å². The first-order chi connectivity index (χ1) is 10.8. The number of piperidine rings is 1. The molecule has 1 amide bonds. The van der Waals surface area contributed by atoms with Gasteiger partial charge in [-0.3, -0.25) is 4.79 Å². The molecule has 2 saturated heterocycles. The Morgan fingerprint density at radius 1 is 1.04 bits per heavy atom. The van der Waals surface area contributed by atoms with Crippen molar-refractivity contribution < 1.29 is 9.53 Å². The maximum absolute atomic E-state index is 12.8. The number of ether oxygens (including phenoxy) is 1. The molecular weight excluding hydrogens is 312 g/mol. The first-order valence-corrected chi connectivity index (χ1v) is 9.44. The molecule has 1 atom stereocenters. The second-order valence-corrected chi connectivity index (χ2v) is 7.35. The van der Waals surface area contributed by atoms with Crippen molar-refractivity contribution in [2.45, 2.75) is 76.4 Å². The molecule has 1 N–H and O–H groups in total. The van der Waals surface area contributed by atoms with Crippen LogP contribution in [-0.2, 0) is 9.53 Å². The lowest BCUT2D eigenvalue weighted by molar-refractivity contribution is -0.135. The second-order valence-electron chi connectivity index (χ2n) is 7.35. The van der Waals surface area contributed by atoms with Crippen LogP contribution >= 0.6 is 12.4 Å². The lowest BCUT2D eigenvalue weighted by Crippen LogP contribution is -2.43. The van der Waals surface area contributed by atoms with E-state index in [1.807, 2.05) is 0 Å². The Balaban J connectivity index is 0.00000192. The van der Waals surface area contributed by atoms with E-state index in [2.05, 4.69) is 10.2 Å². The van der Waals surface area contributed by atoms with Crippen molar-refractivity contribution in [3.63, 3.8) is 0 Å². The molecule has 0 bridgehead atoms. The number of nitrogens with one attached hydrogen (secondary N) is 1. The quantitative estimate of drug-likeness (QED) is 0.804. The summed E-state index contributed by atoms with van der Waals surface area (Å²) in [5, 5.41) is 3.41. The summed E-state index contributed by atoms with van der Waals surface area (Å²) in [4.78, 5) is 15.0. The molecule has 1 aliphatic carbocycles. The molecule has 4 nitrogen and oxygen atoms in total. The largest absolute Gasteiger partial charge is 0.376 e. The highest BCUT2D eigenvalue weighted by Crippen LogP contribution is 2.27. The topological polar surface area (TPSA) is 41.6 Å². The van der Waals surface area contributed by atoms with Gasteiger partial charge in [0, 0.05) is 25.6 Å². The normalized spacial score (nSPS) is 26.2. The molecule has 1 unspecified atom stereocenters. The zero-order valence-electron chi connectivity index (χ0n) is 14.3. The van der Waals surface area contributed by atoms with Crippen molar-refractivity contribution in [2.24, 2.45) is 5.92 Å². The Morgan fingerprint density at radius 3 is 2.43 bits per heavy atom. The van der Waals surface area contributed by atoms with E-state index in [0.29, 0.717) is 18.1 Å². The Labute approximate surface area is 147 Å². The van der Waals surface area contributed by atoms with Gasteiger partial charge in [0.2, 0.25) is 5.91 Å². The third kappa shape index (κ3) is 5.61. The number of amides is 1. The molecule has 0 aromatic carbocycles. The highest BCUT2D eigenvalue weighted by Gasteiger charge is 2.30. The minimum Gasteiger partial charge on any atom is -0.376 e. The molecule has 134 valence electrons. The van der Waals surface area contributed by atoms with Crippen LogP contribution in [0.15, 0.2) is 0 Å². The molecule has 2 aliphatic heterocycles.